The van der Waals surface area contributed by atoms with E-state index in [0.717, 1.165) is 22.5 Å². The molecule has 0 fully saturated rings. The fourth-order valence-corrected chi connectivity index (χ4v) is 3.20. The number of nitrogens with one attached hydrogen (secondary N) is 1. The van der Waals surface area contributed by atoms with E-state index in [9.17, 15) is 4.79 Å². The molecule has 4 rings (SSSR count). The number of ether oxygens (including phenoxy) is 1. The standard InChI is InChI=1S/C18H17N5O2/c1-10-6-14(12-7-13(25-3)9-19-8-12)21-17-11(2)23(18(24)16(10)17)15-4-5-20-22-15/h4-9,11H,1-3H3,(H,20,22). The second kappa shape index (κ2) is 5.70. The molecule has 1 N–H and O–H groups in total. The van der Waals surface area contributed by atoms with Gasteiger partial charge in [-0.1, -0.05) is 0 Å². The Morgan fingerprint density at radius 2 is 2.12 bits per heavy atom. The third-order valence-corrected chi connectivity index (χ3v) is 4.44. The number of pyridine rings is 2. The molecule has 25 heavy (non-hydrogen) atoms. The Kier molecular flexibility index (Phi) is 3.49. The van der Waals surface area contributed by atoms with Gasteiger partial charge in [-0.15, -0.1) is 0 Å². The third kappa shape index (κ3) is 2.36. The van der Waals surface area contributed by atoms with Crippen molar-refractivity contribution in [3.63, 3.8) is 0 Å². The molecule has 3 aromatic heterocycles. The lowest BCUT2D eigenvalue weighted by Gasteiger charge is -2.18. The molecule has 7 heteroatoms. The van der Waals surface area contributed by atoms with Gasteiger partial charge in [-0.25, -0.2) is 4.98 Å². The molecule has 0 bridgehead atoms. The lowest BCUT2D eigenvalue weighted by molar-refractivity contribution is 0.0991. The summed E-state index contributed by atoms with van der Waals surface area (Å²) in [5, 5.41) is 6.89. The highest BCUT2D eigenvalue weighted by molar-refractivity contribution is 6.11. The normalized spacial score (nSPS) is 16.2. The summed E-state index contributed by atoms with van der Waals surface area (Å²) in [5.74, 6) is 1.19. The van der Waals surface area contributed by atoms with Crippen LogP contribution in [0.4, 0.5) is 5.82 Å². The molecule has 1 atom stereocenters. The first-order valence-corrected chi connectivity index (χ1v) is 7.94. The summed E-state index contributed by atoms with van der Waals surface area (Å²) in [4.78, 5) is 23.5. The van der Waals surface area contributed by atoms with Gasteiger partial charge in [0.1, 0.15) is 5.75 Å². The molecule has 3 aromatic rings. The minimum absolute atomic E-state index is 0.0742. The van der Waals surface area contributed by atoms with E-state index in [1.54, 1.807) is 36.7 Å². The second-order valence-electron chi connectivity index (χ2n) is 5.98. The molecule has 1 aliphatic rings. The van der Waals surface area contributed by atoms with Gasteiger partial charge in [0.2, 0.25) is 0 Å². The number of carbonyl (C=O) groups is 1. The summed E-state index contributed by atoms with van der Waals surface area (Å²) in [6, 6.07) is 5.38. The molecule has 1 unspecified atom stereocenters. The van der Waals surface area contributed by atoms with Crippen LogP contribution >= 0.6 is 0 Å². The Morgan fingerprint density at radius 1 is 1.28 bits per heavy atom. The molecule has 1 aliphatic heterocycles. The number of hydrogen-bond acceptors (Lipinski definition) is 5. The van der Waals surface area contributed by atoms with Gasteiger partial charge in [0.05, 0.1) is 36.3 Å². The zero-order valence-electron chi connectivity index (χ0n) is 14.1. The van der Waals surface area contributed by atoms with Crippen LogP contribution in [-0.2, 0) is 0 Å². The number of carbonyl (C=O) groups excluding carboxylic acids is 1. The Balaban J connectivity index is 1.82. The van der Waals surface area contributed by atoms with Gasteiger partial charge in [0, 0.05) is 24.0 Å². The van der Waals surface area contributed by atoms with Crippen LogP contribution in [0.1, 0.15) is 34.6 Å². The van der Waals surface area contributed by atoms with Crippen molar-refractivity contribution in [3.8, 4) is 17.0 Å². The van der Waals surface area contributed by atoms with Gasteiger partial charge < -0.3 is 4.74 Å². The number of H-pyrrole nitrogens is 1. The van der Waals surface area contributed by atoms with Gasteiger partial charge in [-0.2, -0.15) is 5.10 Å². The molecule has 0 spiro atoms. The molecule has 126 valence electrons. The predicted octanol–water partition coefficient (Wildman–Crippen LogP) is 2.91. The van der Waals surface area contributed by atoms with Crippen LogP contribution in [0.15, 0.2) is 36.8 Å². The summed E-state index contributed by atoms with van der Waals surface area (Å²) >= 11 is 0. The minimum atomic E-state index is -0.192. The summed E-state index contributed by atoms with van der Waals surface area (Å²) in [7, 11) is 1.60. The highest BCUT2D eigenvalue weighted by Crippen LogP contribution is 2.38. The Morgan fingerprint density at radius 3 is 2.84 bits per heavy atom. The van der Waals surface area contributed by atoms with Gasteiger partial charge in [0.15, 0.2) is 5.82 Å². The zero-order valence-corrected chi connectivity index (χ0v) is 14.1. The van der Waals surface area contributed by atoms with Crippen molar-refractivity contribution in [2.24, 2.45) is 0 Å². The molecule has 0 saturated carbocycles. The lowest BCUT2D eigenvalue weighted by atomic mass is 10.0. The number of anilines is 1. The molecule has 4 heterocycles. The van der Waals surface area contributed by atoms with Gasteiger partial charge in [-0.3, -0.25) is 19.8 Å². The Hall–Kier alpha value is -3.22. The highest BCUT2D eigenvalue weighted by atomic mass is 16.5. The van der Waals surface area contributed by atoms with E-state index < -0.39 is 0 Å². The van der Waals surface area contributed by atoms with E-state index in [1.807, 2.05) is 26.0 Å². The predicted molar refractivity (Wildman–Crippen MR) is 92.6 cm³/mol. The van der Waals surface area contributed by atoms with Crippen molar-refractivity contribution in [1.82, 2.24) is 20.2 Å². The molecule has 7 nitrogen and oxygen atoms in total. The number of hydrogen-bond donors (Lipinski definition) is 1. The van der Waals surface area contributed by atoms with Gasteiger partial charge in [-0.05, 0) is 31.5 Å². The van der Waals surface area contributed by atoms with Gasteiger partial charge >= 0.3 is 0 Å². The van der Waals surface area contributed by atoms with E-state index in [1.165, 1.54) is 0 Å². The van der Waals surface area contributed by atoms with E-state index in [0.29, 0.717) is 17.1 Å². The molecule has 0 aliphatic carbocycles. The number of nitrogens with zero attached hydrogens (tertiary/aromatic N) is 4. The maximum Gasteiger partial charge on any atom is 0.262 e. The van der Waals surface area contributed by atoms with Crippen LogP contribution in [0.25, 0.3) is 11.3 Å². The monoisotopic (exact) mass is 335 g/mol. The maximum atomic E-state index is 12.9. The number of fused-ring (bicyclic) bond motifs is 1. The van der Waals surface area contributed by atoms with Crippen molar-refractivity contribution in [1.29, 1.82) is 0 Å². The molecule has 1 amide bonds. The van der Waals surface area contributed by atoms with Crippen molar-refractivity contribution in [3.05, 3.63) is 53.6 Å². The summed E-state index contributed by atoms with van der Waals surface area (Å²) in [5.41, 5.74) is 3.91. The molecule has 0 saturated heterocycles. The van der Waals surface area contributed by atoms with Crippen molar-refractivity contribution in [2.75, 3.05) is 12.0 Å². The summed E-state index contributed by atoms with van der Waals surface area (Å²) in [6.07, 6.45) is 5.09. The zero-order chi connectivity index (χ0) is 17.6. The van der Waals surface area contributed by atoms with E-state index in [2.05, 4.69) is 15.2 Å². The molecular formula is C18H17N5O2. The first-order chi connectivity index (χ1) is 12.1. The average molecular weight is 335 g/mol. The molecular weight excluding hydrogens is 318 g/mol. The van der Waals surface area contributed by atoms with E-state index in [-0.39, 0.29) is 11.9 Å². The van der Waals surface area contributed by atoms with Crippen LogP contribution in [0.3, 0.4) is 0 Å². The first-order valence-electron chi connectivity index (χ1n) is 7.94. The fourth-order valence-electron chi connectivity index (χ4n) is 3.20. The van der Waals surface area contributed by atoms with Crippen molar-refractivity contribution >= 4 is 11.7 Å². The van der Waals surface area contributed by atoms with Crippen molar-refractivity contribution in [2.45, 2.75) is 19.9 Å². The van der Waals surface area contributed by atoms with Crippen LogP contribution in [0.5, 0.6) is 5.75 Å². The molecule has 0 radical (unpaired) electrons. The van der Waals surface area contributed by atoms with Gasteiger partial charge in [0.25, 0.3) is 5.91 Å². The maximum absolute atomic E-state index is 12.9. The molecule has 0 aromatic carbocycles. The van der Waals surface area contributed by atoms with Crippen LogP contribution in [-0.4, -0.2) is 33.2 Å². The van der Waals surface area contributed by atoms with E-state index >= 15 is 0 Å². The smallest absolute Gasteiger partial charge is 0.262 e. The quantitative estimate of drug-likeness (QED) is 0.795. The summed E-state index contributed by atoms with van der Waals surface area (Å²) in [6.45, 7) is 3.88. The highest BCUT2D eigenvalue weighted by Gasteiger charge is 2.38. The SMILES string of the molecule is COc1cncc(-c2cc(C)c3c(n2)C(C)N(c2cc[nH]n2)C3=O)c1. The van der Waals surface area contributed by atoms with Crippen LogP contribution in [0.2, 0.25) is 0 Å². The number of aryl methyl sites for hydroxylation is 1. The van der Waals surface area contributed by atoms with E-state index in [4.69, 9.17) is 9.72 Å². The number of amides is 1. The number of rotatable bonds is 3. The minimum Gasteiger partial charge on any atom is -0.495 e. The Labute approximate surface area is 144 Å². The number of aromatic nitrogens is 4. The first kappa shape index (κ1) is 15.3. The topological polar surface area (TPSA) is 84.0 Å². The van der Waals surface area contributed by atoms with Crippen molar-refractivity contribution < 1.29 is 9.53 Å². The number of aromatic amines is 1. The fraction of sp³-hybridized carbons (Fsp3) is 0.222. The second-order valence-corrected chi connectivity index (χ2v) is 5.98. The third-order valence-electron chi connectivity index (χ3n) is 4.44. The number of methoxy groups -OCH3 is 1. The largest absolute Gasteiger partial charge is 0.495 e. The van der Waals surface area contributed by atoms with Crippen LogP contribution < -0.4 is 9.64 Å². The van der Waals surface area contributed by atoms with Crippen LogP contribution in [0, 0.1) is 6.92 Å². The average Bonchev–Trinajstić information content (AvgIpc) is 3.22. The Bertz CT molecular complexity index is 952. The summed E-state index contributed by atoms with van der Waals surface area (Å²) < 4.78 is 5.24. The lowest BCUT2D eigenvalue weighted by Crippen LogP contribution is -2.26.